The maximum Gasteiger partial charge on any atom is 0.408 e. The molecule has 0 aromatic carbocycles. The highest BCUT2D eigenvalue weighted by molar-refractivity contribution is 7.91. The Balaban J connectivity index is 3.07. The minimum absolute atomic E-state index is 0.0320. The minimum atomic E-state index is -4.75. The number of halogens is 3. The van der Waals surface area contributed by atoms with E-state index in [1.54, 1.807) is 20.8 Å². The lowest BCUT2D eigenvalue weighted by Gasteiger charge is -2.23. The monoisotopic (exact) mass is 514 g/mol. The Bertz CT molecular complexity index is 950. The summed E-state index contributed by atoms with van der Waals surface area (Å²) in [6.45, 7) is 9.21. The highest BCUT2D eigenvalue weighted by Gasteiger charge is 2.39. The Morgan fingerprint density at radius 2 is 1.74 bits per heavy atom. The number of hydrogen-bond acceptors (Lipinski definition) is 9. The first-order valence-corrected chi connectivity index (χ1v) is 11.6. The molecule has 1 aromatic heterocycles. The van der Waals surface area contributed by atoms with Gasteiger partial charge in [-0.1, -0.05) is 5.16 Å². The summed E-state index contributed by atoms with van der Waals surface area (Å²) in [6.07, 6.45) is -6.67. The second-order valence-corrected chi connectivity index (χ2v) is 11.0. The van der Waals surface area contributed by atoms with E-state index in [1.165, 1.54) is 20.8 Å². The van der Waals surface area contributed by atoms with Crippen molar-refractivity contribution in [2.75, 3.05) is 0 Å². The van der Waals surface area contributed by atoms with Gasteiger partial charge in [0.15, 0.2) is 11.1 Å². The first-order valence-electron chi connectivity index (χ1n) is 10.1. The third-order valence-electron chi connectivity index (χ3n) is 3.66. The van der Waals surface area contributed by atoms with Crippen LogP contribution in [0.25, 0.3) is 0 Å². The molecule has 0 radical (unpaired) electrons. The molecule has 0 saturated carbocycles. The summed E-state index contributed by atoms with van der Waals surface area (Å²) >= 11 is 0. The van der Waals surface area contributed by atoms with Crippen molar-refractivity contribution in [1.82, 2.24) is 15.5 Å². The topological polar surface area (TPSA) is 150 Å². The lowest BCUT2D eigenvalue weighted by atomic mass is 10.2. The minimum Gasteiger partial charge on any atom is -0.459 e. The van der Waals surface area contributed by atoms with Gasteiger partial charge in [0.25, 0.3) is 10.0 Å². The van der Waals surface area contributed by atoms with Crippen LogP contribution in [0.4, 0.5) is 18.0 Å². The second kappa shape index (κ2) is 11.1. The largest absolute Gasteiger partial charge is 0.459 e. The molecular formula is C19H29F3N4O7S. The summed E-state index contributed by atoms with van der Waals surface area (Å²) in [5.74, 6) is -1.38. The van der Waals surface area contributed by atoms with Crippen molar-refractivity contribution < 1.29 is 45.2 Å². The highest BCUT2D eigenvalue weighted by atomic mass is 32.2. The van der Waals surface area contributed by atoms with Gasteiger partial charge < -0.3 is 19.3 Å². The van der Waals surface area contributed by atoms with Crippen molar-refractivity contribution >= 4 is 28.3 Å². The van der Waals surface area contributed by atoms with Crippen LogP contribution in [0.2, 0.25) is 0 Å². The average Bonchev–Trinajstić information content (AvgIpc) is 3.10. The van der Waals surface area contributed by atoms with Crippen LogP contribution in [0, 0.1) is 0 Å². The van der Waals surface area contributed by atoms with Gasteiger partial charge in [-0.05, 0) is 48.0 Å². The number of amides is 1. The van der Waals surface area contributed by atoms with Gasteiger partial charge >= 0.3 is 18.2 Å². The fourth-order valence-electron chi connectivity index (χ4n) is 2.39. The van der Waals surface area contributed by atoms with Gasteiger partial charge in [-0.3, -0.25) is 4.79 Å². The van der Waals surface area contributed by atoms with Gasteiger partial charge in [0.05, 0.1) is 0 Å². The van der Waals surface area contributed by atoms with Gasteiger partial charge in [-0.15, -0.1) is 0 Å². The summed E-state index contributed by atoms with van der Waals surface area (Å²) < 4.78 is 81.4. The summed E-state index contributed by atoms with van der Waals surface area (Å²) in [5, 5.41) is 3.82. The SMILES string of the molecule is CC(C)(C)OC(=O)N[C@@H](C/C=N/S(=O)(=O)[C@@H](CCC(F)(F)F)C(=O)OC(C)(C)C)c1ncon1. The zero-order valence-corrected chi connectivity index (χ0v) is 20.5. The first kappa shape index (κ1) is 29.3. The maximum absolute atomic E-state index is 12.7. The van der Waals surface area contributed by atoms with E-state index in [9.17, 15) is 31.2 Å². The molecule has 194 valence electrons. The summed E-state index contributed by atoms with van der Waals surface area (Å²) in [4.78, 5) is 28.2. The fraction of sp³-hybridized carbons (Fsp3) is 0.737. The van der Waals surface area contributed by atoms with Crippen LogP contribution >= 0.6 is 0 Å². The Hall–Kier alpha value is -2.71. The van der Waals surface area contributed by atoms with E-state index >= 15 is 0 Å². The number of rotatable bonds is 9. The van der Waals surface area contributed by atoms with Gasteiger partial charge in [-0.25, -0.2) is 13.2 Å². The van der Waals surface area contributed by atoms with E-state index in [-0.39, 0.29) is 12.2 Å². The number of carbonyl (C=O) groups is 2. The third-order valence-corrected chi connectivity index (χ3v) is 5.25. The number of aromatic nitrogens is 2. The van der Waals surface area contributed by atoms with Crippen LogP contribution in [-0.2, 0) is 24.3 Å². The molecule has 0 bridgehead atoms. The Morgan fingerprint density at radius 3 is 2.21 bits per heavy atom. The third kappa shape index (κ3) is 11.4. The lowest BCUT2D eigenvalue weighted by Crippen LogP contribution is -2.37. The van der Waals surface area contributed by atoms with Gasteiger partial charge in [-0.2, -0.15) is 22.6 Å². The first-order chi connectivity index (χ1) is 15.3. The van der Waals surface area contributed by atoms with Crippen LogP contribution in [0.1, 0.15) is 72.7 Å². The molecular weight excluding hydrogens is 485 g/mol. The molecule has 1 amide bonds. The fourth-order valence-corrected chi connectivity index (χ4v) is 3.54. The molecule has 1 N–H and O–H groups in total. The molecule has 0 spiro atoms. The molecule has 11 nitrogen and oxygen atoms in total. The van der Waals surface area contributed by atoms with Crippen molar-refractivity contribution in [3.05, 3.63) is 12.2 Å². The number of ether oxygens (including phenoxy) is 2. The number of hydrogen-bond donors (Lipinski definition) is 1. The molecule has 0 saturated heterocycles. The molecule has 1 rings (SSSR count). The van der Waals surface area contributed by atoms with Crippen LogP contribution in [0.15, 0.2) is 15.3 Å². The zero-order valence-electron chi connectivity index (χ0n) is 19.7. The van der Waals surface area contributed by atoms with E-state index in [1.807, 2.05) is 0 Å². The summed E-state index contributed by atoms with van der Waals surface area (Å²) in [6, 6.07) is -1.04. The molecule has 0 aliphatic heterocycles. The van der Waals surface area contributed by atoms with Crippen molar-refractivity contribution in [3.63, 3.8) is 0 Å². The molecule has 1 aromatic rings. The molecule has 0 aliphatic rings. The second-order valence-electron chi connectivity index (χ2n) is 9.20. The summed E-state index contributed by atoms with van der Waals surface area (Å²) in [7, 11) is -4.75. The van der Waals surface area contributed by atoms with Crippen LogP contribution in [0.3, 0.4) is 0 Å². The van der Waals surface area contributed by atoms with Crippen molar-refractivity contribution in [1.29, 1.82) is 0 Å². The Morgan fingerprint density at radius 1 is 1.15 bits per heavy atom. The van der Waals surface area contributed by atoms with Crippen molar-refractivity contribution in [2.24, 2.45) is 4.40 Å². The molecule has 0 unspecified atom stereocenters. The van der Waals surface area contributed by atoms with Crippen molar-refractivity contribution in [3.8, 4) is 0 Å². The Kier molecular flexibility index (Phi) is 9.61. The van der Waals surface area contributed by atoms with E-state index in [4.69, 9.17) is 9.47 Å². The standard InChI is InChI=1S/C19H29F3N4O7S/c1-17(2,3)32-15(27)13(7-9-19(20,21)22)34(29,30)24-10-8-12(14-23-11-31-26-14)25-16(28)33-18(4,5)6/h10-13H,7-9H2,1-6H3,(H,25,28)/b24-10+/t12-,13-/m0/s1. The van der Waals surface area contributed by atoms with E-state index < -0.39 is 63.6 Å². The number of nitrogens with zero attached hydrogens (tertiary/aromatic N) is 3. The number of alkyl halides is 3. The number of nitrogens with one attached hydrogen (secondary N) is 1. The smallest absolute Gasteiger partial charge is 0.408 e. The van der Waals surface area contributed by atoms with E-state index in [0.29, 0.717) is 0 Å². The molecule has 0 fully saturated rings. The quantitative estimate of drug-likeness (QED) is 0.386. The van der Waals surface area contributed by atoms with E-state index in [0.717, 1.165) is 12.6 Å². The molecule has 15 heteroatoms. The maximum atomic E-state index is 12.7. The van der Waals surface area contributed by atoms with Gasteiger partial charge in [0.1, 0.15) is 17.2 Å². The average molecular weight is 515 g/mol. The number of carbonyl (C=O) groups excluding carboxylic acids is 2. The molecule has 1 heterocycles. The normalized spacial score (nSPS) is 15.1. The number of esters is 1. The van der Waals surface area contributed by atoms with Crippen LogP contribution in [-0.4, -0.2) is 59.5 Å². The van der Waals surface area contributed by atoms with E-state index in [2.05, 4.69) is 24.4 Å². The number of alkyl carbamates (subject to hydrolysis) is 1. The Labute approximate surface area is 195 Å². The molecule has 0 aliphatic carbocycles. The van der Waals surface area contributed by atoms with Gasteiger partial charge in [0.2, 0.25) is 6.39 Å². The zero-order chi connectivity index (χ0) is 26.4. The number of sulfonamides is 1. The van der Waals surface area contributed by atoms with Crippen LogP contribution in [0.5, 0.6) is 0 Å². The lowest BCUT2D eigenvalue weighted by molar-refractivity contribution is -0.156. The predicted molar refractivity (Wildman–Crippen MR) is 113 cm³/mol. The predicted octanol–water partition coefficient (Wildman–Crippen LogP) is 3.48. The van der Waals surface area contributed by atoms with Gasteiger partial charge in [0, 0.05) is 19.1 Å². The van der Waals surface area contributed by atoms with Crippen LogP contribution < -0.4 is 5.32 Å². The molecule has 2 atom stereocenters. The summed E-state index contributed by atoms with van der Waals surface area (Å²) in [5.41, 5.74) is -1.96. The highest BCUT2D eigenvalue weighted by Crippen LogP contribution is 2.26. The molecule has 34 heavy (non-hydrogen) atoms. The van der Waals surface area contributed by atoms with Crippen molar-refractivity contribution in [2.45, 2.75) is 89.5 Å².